The molecule has 0 aromatic carbocycles. The molecule has 0 amide bonds. The van der Waals surface area contributed by atoms with Gasteiger partial charge in [-0.3, -0.25) is 0 Å². The molecule has 0 rings (SSSR count). The van der Waals surface area contributed by atoms with Gasteiger partial charge in [-0.25, -0.2) is 0 Å². The van der Waals surface area contributed by atoms with Crippen molar-refractivity contribution < 1.29 is 0 Å². The van der Waals surface area contributed by atoms with Crippen LogP contribution in [0.25, 0.3) is 0 Å². The summed E-state index contributed by atoms with van der Waals surface area (Å²) in [6.07, 6.45) is 2.19. The minimum absolute atomic E-state index is 0.116. The van der Waals surface area contributed by atoms with E-state index in [-0.39, 0.29) is 5.92 Å². The molecule has 0 bridgehead atoms. The van der Waals surface area contributed by atoms with Gasteiger partial charge < -0.3 is 5.73 Å². The Bertz CT molecular complexity index is 115. The monoisotopic (exact) mass is 140 g/mol. The summed E-state index contributed by atoms with van der Waals surface area (Å²) in [5, 5.41) is 8.56. The summed E-state index contributed by atoms with van der Waals surface area (Å²) < 4.78 is 0. The third-order valence-corrected chi connectivity index (χ3v) is 1.87. The summed E-state index contributed by atoms with van der Waals surface area (Å²) >= 11 is 0. The summed E-state index contributed by atoms with van der Waals surface area (Å²) in [5.41, 5.74) is 5.48. The zero-order valence-corrected chi connectivity index (χ0v) is 6.80. The second-order valence-electron chi connectivity index (χ2n) is 2.70. The van der Waals surface area contributed by atoms with Gasteiger partial charge >= 0.3 is 0 Å². The Labute approximate surface area is 63.0 Å². The molecule has 2 heteroatoms. The van der Waals surface area contributed by atoms with Crippen LogP contribution in [0.4, 0.5) is 0 Å². The van der Waals surface area contributed by atoms with E-state index in [4.69, 9.17) is 11.0 Å². The van der Waals surface area contributed by atoms with E-state index in [0.29, 0.717) is 12.5 Å². The second kappa shape index (κ2) is 5.25. The molecule has 2 nitrogen and oxygen atoms in total. The number of nitrogens with zero attached hydrogens (tertiary/aromatic N) is 1. The lowest BCUT2D eigenvalue weighted by molar-refractivity contribution is 0.404. The minimum atomic E-state index is 0.116. The van der Waals surface area contributed by atoms with Gasteiger partial charge in [0.25, 0.3) is 0 Å². The highest BCUT2D eigenvalue weighted by Gasteiger charge is 2.12. The third-order valence-electron chi connectivity index (χ3n) is 1.87. The topological polar surface area (TPSA) is 49.8 Å². The van der Waals surface area contributed by atoms with Crippen LogP contribution in [-0.2, 0) is 0 Å². The molecule has 0 spiro atoms. The molecule has 58 valence electrons. The molecule has 0 aromatic rings. The van der Waals surface area contributed by atoms with Crippen molar-refractivity contribution in [2.45, 2.75) is 26.7 Å². The SMILES string of the molecule is CCC[C@@H](CN)C(C)C#N. The van der Waals surface area contributed by atoms with Crippen LogP contribution in [0.1, 0.15) is 26.7 Å². The summed E-state index contributed by atoms with van der Waals surface area (Å²) in [6, 6.07) is 2.22. The molecule has 2 atom stereocenters. The molecule has 0 aliphatic carbocycles. The van der Waals surface area contributed by atoms with Crippen LogP contribution < -0.4 is 5.73 Å². The largest absolute Gasteiger partial charge is 0.330 e. The van der Waals surface area contributed by atoms with Crippen molar-refractivity contribution in [2.24, 2.45) is 17.6 Å². The standard InChI is InChI=1S/C8H16N2/c1-3-4-8(6-10)7(2)5-9/h7-8H,3-4,6,10H2,1-2H3/t7?,8-/m0/s1. The van der Waals surface area contributed by atoms with Gasteiger partial charge in [-0.2, -0.15) is 5.26 Å². The van der Waals surface area contributed by atoms with Gasteiger partial charge in [0.05, 0.1) is 6.07 Å². The molecule has 0 radical (unpaired) electrons. The molecule has 0 fully saturated rings. The fraction of sp³-hybridized carbons (Fsp3) is 0.875. The predicted molar refractivity (Wildman–Crippen MR) is 42.2 cm³/mol. The molecule has 10 heavy (non-hydrogen) atoms. The average molecular weight is 140 g/mol. The Kier molecular flexibility index (Phi) is 4.96. The number of hydrogen-bond acceptors (Lipinski definition) is 2. The first kappa shape index (κ1) is 9.45. The van der Waals surface area contributed by atoms with Crippen molar-refractivity contribution in [3.05, 3.63) is 0 Å². The maximum absolute atomic E-state index is 8.56. The van der Waals surface area contributed by atoms with Crippen LogP contribution >= 0.6 is 0 Å². The number of nitriles is 1. The summed E-state index contributed by atoms with van der Waals surface area (Å²) in [7, 11) is 0. The highest BCUT2D eigenvalue weighted by atomic mass is 14.6. The van der Waals surface area contributed by atoms with E-state index >= 15 is 0 Å². The van der Waals surface area contributed by atoms with Crippen molar-refractivity contribution in [1.29, 1.82) is 5.26 Å². The van der Waals surface area contributed by atoms with E-state index in [2.05, 4.69) is 13.0 Å². The normalized spacial score (nSPS) is 15.8. The summed E-state index contributed by atoms with van der Waals surface area (Å²) in [6.45, 7) is 4.70. The maximum Gasteiger partial charge on any atom is 0.0656 e. The van der Waals surface area contributed by atoms with Crippen molar-refractivity contribution in [2.75, 3.05) is 6.54 Å². The molecule has 2 N–H and O–H groups in total. The van der Waals surface area contributed by atoms with Gasteiger partial charge in [-0.15, -0.1) is 0 Å². The molecule has 0 aliphatic heterocycles. The summed E-state index contributed by atoms with van der Waals surface area (Å²) in [4.78, 5) is 0. The van der Waals surface area contributed by atoms with Crippen LogP contribution in [-0.4, -0.2) is 6.54 Å². The molecule has 0 aliphatic rings. The Hall–Kier alpha value is -0.550. The summed E-state index contributed by atoms with van der Waals surface area (Å²) in [5.74, 6) is 0.514. The van der Waals surface area contributed by atoms with E-state index in [1.165, 1.54) is 0 Å². The lowest BCUT2D eigenvalue weighted by Gasteiger charge is -2.14. The van der Waals surface area contributed by atoms with Crippen LogP contribution in [0, 0.1) is 23.2 Å². The zero-order valence-electron chi connectivity index (χ0n) is 6.80. The molecule has 1 unspecified atom stereocenters. The van der Waals surface area contributed by atoms with Gasteiger partial charge in [0.2, 0.25) is 0 Å². The van der Waals surface area contributed by atoms with Gasteiger partial charge in [0.1, 0.15) is 0 Å². The molecule has 0 heterocycles. The molecule has 0 aromatic heterocycles. The predicted octanol–water partition coefficient (Wildman–Crippen LogP) is 1.52. The lowest BCUT2D eigenvalue weighted by Crippen LogP contribution is -2.20. The van der Waals surface area contributed by atoms with E-state index in [1.807, 2.05) is 6.92 Å². The van der Waals surface area contributed by atoms with E-state index < -0.39 is 0 Å². The Morgan fingerprint density at radius 2 is 2.20 bits per heavy atom. The second-order valence-corrected chi connectivity index (χ2v) is 2.70. The number of nitrogens with two attached hydrogens (primary N) is 1. The van der Waals surface area contributed by atoms with Gasteiger partial charge in [-0.05, 0) is 25.8 Å². The smallest absolute Gasteiger partial charge is 0.0656 e. The highest BCUT2D eigenvalue weighted by Crippen LogP contribution is 2.14. The van der Waals surface area contributed by atoms with Gasteiger partial charge in [-0.1, -0.05) is 13.3 Å². The quantitative estimate of drug-likeness (QED) is 0.643. The minimum Gasteiger partial charge on any atom is -0.330 e. The van der Waals surface area contributed by atoms with Gasteiger partial charge in [0.15, 0.2) is 0 Å². The molecule has 0 saturated carbocycles. The Balaban J connectivity index is 3.71. The highest BCUT2D eigenvalue weighted by molar-refractivity contribution is 4.84. The van der Waals surface area contributed by atoms with E-state index in [9.17, 15) is 0 Å². The fourth-order valence-electron chi connectivity index (χ4n) is 1.05. The van der Waals surface area contributed by atoms with Crippen LogP contribution in [0.5, 0.6) is 0 Å². The third kappa shape index (κ3) is 2.84. The zero-order chi connectivity index (χ0) is 7.98. The van der Waals surface area contributed by atoms with Crippen LogP contribution in [0.3, 0.4) is 0 Å². The molecular weight excluding hydrogens is 124 g/mol. The Morgan fingerprint density at radius 1 is 1.60 bits per heavy atom. The first-order chi connectivity index (χ1) is 4.76. The lowest BCUT2D eigenvalue weighted by atomic mass is 9.91. The van der Waals surface area contributed by atoms with Crippen molar-refractivity contribution in [1.82, 2.24) is 0 Å². The van der Waals surface area contributed by atoms with Crippen LogP contribution in [0.15, 0.2) is 0 Å². The van der Waals surface area contributed by atoms with Crippen molar-refractivity contribution >= 4 is 0 Å². The number of rotatable bonds is 4. The van der Waals surface area contributed by atoms with E-state index in [1.54, 1.807) is 0 Å². The van der Waals surface area contributed by atoms with Crippen molar-refractivity contribution in [3.63, 3.8) is 0 Å². The first-order valence-corrected chi connectivity index (χ1v) is 3.85. The number of hydrogen-bond donors (Lipinski definition) is 1. The van der Waals surface area contributed by atoms with Crippen LogP contribution in [0.2, 0.25) is 0 Å². The maximum atomic E-state index is 8.56. The van der Waals surface area contributed by atoms with Crippen molar-refractivity contribution in [3.8, 4) is 6.07 Å². The molecular formula is C8H16N2. The van der Waals surface area contributed by atoms with Gasteiger partial charge in [0, 0.05) is 5.92 Å². The molecule has 0 saturated heterocycles. The fourth-order valence-corrected chi connectivity index (χ4v) is 1.05. The Morgan fingerprint density at radius 3 is 2.50 bits per heavy atom. The van der Waals surface area contributed by atoms with E-state index in [0.717, 1.165) is 12.8 Å². The first-order valence-electron chi connectivity index (χ1n) is 3.85. The average Bonchev–Trinajstić information content (AvgIpc) is 1.99.